The van der Waals surface area contributed by atoms with Gasteiger partial charge in [0, 0.05) is 17.3 Å². The van der Waals surface area contributed by atoms with Crippen molar-refractivity contribution in [3.05, 3.63) is 58.7 Å². The highest BCUT2D eigenvalue weighted by atomic mass is 35.5. The van der Waals surface area contributed by atoms with E-state index in [1.165, 1.54) is 37.6 Å². The summed E-state index contributed by atoms with van der Waals surface area (Å²) in [6.45, 7) is 0. The molecule has 6 nitrogen and oxygen atoms in total. The van der Waals surface area contributed by atoms with E-state index in [-0.39, 0.29) is 4.90 Å². The van der Waals surface area contributed by atoms with Crippen LogP contribution in [0.5, 0.6) is 5.88 Å². The Morgan fingerprint density at radius 2 is 2.00 bits per heavy atom. The fraction of sp³-hybridized carbons (Fsp3) is 0.0667. The third-order valence-electron chi connectivity index (χ3n) is 2.84. The Bertz CT molecular complexity index is 854. The molecule has 23 heavy (non-hydrogen) atoms. The van der Waals surface area contributed by atoms with E-state index in [1.807, 2.05) is 0 Å². The fourth-order valence-corrected chi connectivity index (χ4v) is 2.85. The molecule has 1 heterocycles. The van der Waals surface area contributed by atoms with Crippen molar-refractivity contribution in [2.24, 2.45) is 0 Å². The summed E-state index contributed by atoms with van der Waals surface area (Å²) in [5.74, 6) is 0.425. The molecule has 0 radical (unpaired) electrons. The van der Waals surface area contributed by atoms with Crippen LogP contribution in [-0.2, 0) is 9.84 Å². The van der Waals surface area contributed by atoms with Gasteiger partial charge in [0.2, 0.25) is 15.7 Å². The van der Waals surface area contributed by atoms with Crippen LogP contribution in [0.4, 0.5) is 5.69 Å². The van der Waals surface area contributed by atoms with Gasteiger partial charge in [0.15, 0.2) is 4.91 Å². The van der Waals surface area contributed by atoms with Crippen molar-refractivity contribution in [3.8, 4) is 11.9 Å². The number of ether oxygens (including phenoxy) is 1. The molecule has 0 aliphatic rings. The summed E-state index contributed by atoms with van der Waals surface area (Å²) in [5, 5.41) is 12.3. The fourth-order valence-electron chi connectivity index (χ4n) is 1.65. The lowest BCUT2D eigenvalue weighted by Gasteiger charge is -2.05. The van der Waals surface area contributed by atoms with Crippen molar-refractivity contribution in [1.82, 2.24) is 4.98 Å². The van der Waals surface area contributed by atoms with E-state index >= 15 is 0 Å². The number of hydrogen-bond donors (Lipinski definition) is 1. The molecule has 2 rings (SSSR count). The van der Waals surface area contributed by atoms with E-state index in [1.54, 1.807) is 18.2 Å². The molecule has 0 atom stereocenters. The molecule has 1 aromatic heterocycles. The monoisotopic (exact) mass is 349 g/mol. The zero-order chi connectivity index (χ0) is 16.9. The number of allylic oxidation sites excluding steroid dienone is 1. The third kappa shape index (κ3) is 4.00. The van der Waals surface area contributed by atoms with Crippen LogP contribution in [-0.4, -0.2) is 20.5 Å². The van der Waals surface area contributed by atoms with Crippen molar-refractivity contribution in [2.75, 3.05) is 12.4 Å². The minimum Gasteiger partial charge on any atom is -0.481 e. The first-order valence-corrected chi connectivity index (χ1v) is 8.21. The Balaban J connectivity index is 2.27. The van der Waals surface area contributed by atoms with Crippen LogP contribution in [0.25, 0.3) is 0 Å². The highest BCUT2D eigenvalue weighted by molar-refractivity contribution is 7.95. The van der Waals surface area contributed by atoms with Crippen LogP contribution in [0.2, 0.25) is 5.02 Å². The molecule has 118 valence electrons. The summed E-state index contributed by atoms with van der Waals surface area (Å²) < 4.78 is 29.7. The Labute approximate surface area is 138 Å². The Morgan fingerprint density at radius 1 is 1.30 bits per heavy atom. The van der Waals surface area contributed by atoms with Gasteiger partial charge < -0.3 is 10.1 Å². The molecule has 8 heteroatoms. The molecule has 0 bridgehead atoms. The lowest BCUT2D eigenvalue weighted by molar-refractivity contribution is 0.398. The number of rotatable bonds is 5. The summed E-state index contributed by atoms with van der Waals surface area (Å²) in [7, 11) is -2.43. The van der Waals surface area contributed by atoms with Crippen LogP contribution in [0, 0.1) is 11.3 Å². The van der Waals surface area contributed by atoms with Crippen molar-refractivity contribution in [3.63, 3.8) is 0 Å². The number of benzene rings is 1. The average molecular weight is 350 g/mol. The first-order valence-electron chi connectivity index (χ1n) is 6.35. The van der Waals surface area contributed by atoms with Crippen molar-refractivity contribution < 1.29 is 13.2 Å². The number of nitrogens with zero attached hydrogens (tertiary/aromatic N) is 2. The lowest BCUT2D eigenvalue weighted by Crippen LogP contribution is -2.05. The molecule has 2 aromatic rings. The smallest absolute Gasteiger partial charge is 0.218 e. The average Bonchev–Trinajstić information content (AvgIpc) is 2.56. The van der Waals surface area contributed by atoms with Crippen LogP contribution in [0.15, 0.2) is 58.6 Å². The van der Waals surface area contributed by atoms with Gasteiger partial charge in [0.05, 0.1) is 23.9 Å². The number of sulfone groups is 1. The summed E-state index contributed by atoms with van der Waals surface area (Å²) in [4.78, 5) is 3.54. The third-order valence-corrected chi connectivity index (χ3v) is 4.77. The van der Waals surface area contributed by atoms with E-state index in [4.69, 9.17) is 21.6 Å². The van der Waals surface area contributed by atoms with Gasteiger partial charge in [0.1, 0.15) is 6.07 Å². The molecule has 0 fully saturated rings. The number of halogens is 1. The molecule has 1 aromatic carbocycles. The molecule has 0 saturated heterocycles. The molecule has 0 amide bonds. The summed E-state index contributed by atoms with van der Waals surface area (Å²) >= 11 is 5.74. The van der Waals surface area contributed by atoms with Gasteiger partial charge >= 0.3 is 0 Å². The maximum Gasteiger partial charge on any atom is 0.218 e. The number of hydrogen-bond acceptors (Lipinski definition) is 6. The van der Waals surface area contributed by atoms with E-state index in [9.17, 15) is 8.42 Å². The van der Waals surface area contributed by atoms with Gasteiger partial charge in [-0.1, -0.05) is 11.6 Å². The highest BCUT2D eigenvalue weighted by Gasteiger charge is 2.20. The number of aromatic nitrogens is 1. The van der Waals surface area contributed by atoms with E-state index < -0.39 is 14.7 Å². The number of pyridine rings is 1. The molecule has 0 unspecified atom stereocenters. The first kappa shape index (κ1) is 16.8. The van der Waals surface area contributed by atoms with Gasteiger partial charge in [0.25, 0.3) is 0 Å². The quantitative estimate of drug-likeness (QED) is 0.834. The maximum absolute atomic E-state index is 12.4. The molecule has 0 saturated carbocycles. The predicted molar refractivity (Wildman–Crippen MR) is 86.7 cm³/mol. The van der Waals surface area contributed by atoms with Gasteiger partial charge in [-0.05, 0) is 30.3 Å². The van der Waals surface area contributed by atoms with Crippen molar-refractivity contribution in [2.45, 2.75) is 4.90 Å². The number of nitrogens with one attached hydrogen (secondary N) is 1. The topological polar surface area (TPSA) is 92.1 Å². The normalized spacial score (nSPS) is 11.6. The largest absolute Gasteiger partial charge is 0.481 e. The minimum atomic E-state index is -3.92. The predicted octanol–water partition coefficient (Wildman–Crippen LogP) is 2.99. The number of nitriles is 1. The van der Waals surface area contributed by atoms with Crippen molar-refractivity contribution >= 4 is 27.1 Å². The minimum absolute atomic E-state index is 0.00986. The van der Waals surface area contributed by atoms with Gasteiger partial charge in [-0.2, -0.15) is 5.26 Å². The summed E-state index contributed by atoms with van der Waals surface area (Å²) in [5.41, 5.74) is 0.518. The van der Waals surface area contributed by atoms with Gasteiger partial charge in [-0.15, -0.1) is 0 Å². The second-order valence-electron chi connectivity index (χ2n) is 4.31. The molecule has 1 N–H and O–H groups in total. The van der Waals surface area contributed by atoms with Gasteiger partial charge in [-0.25, -0.2) is 13.4 Å². The Morgan fingerprint density at radius 3 is 2.52 bits per heavy atom. The molecule has 0 aliphatic heterocycles. The Hall–Kier alpha value is -2.56. The van der Waals surface area contributed by atoms with Crippen LogP contribution < -0.4 is 10.1 Å². The summed E-state index contributed by atoms with van der Waals surface area (Å²) in [6, 6.07) is 10.5. The van der Waals surface area contributed by atoms with E-state index in [2.05, 4.69) is 10.3 Å². The van der Waals surface area contributed by atoms with Crippen LogP contribution in [0.3, 0.4) is 0 Å². The van der Waals surface area contributed by atoms with Crippen LogP contribution >= 0.6 is 11.6 Å². The lowest BCUT2D eigenvalue weighted by atomic mass is 10.4. The zero-order valence-corrected chi connectivity index (χ0v) is 13.6. The first-order chi connectivity index (χ1) is 11.0. The molecular formula is C15H12ClN3O3S. The van der Waals surface area contributed by atoms with Crippen molar-refractivity contribution in [1.29, 1.82) is 5.26 Å². The van der Waals surface area contributed by atoms with E-state index in [0.717, 1.165) is 6.20 Å². The second kappa shape index (κ2) is 7.13. The second-order valence-corrected chi connectivity index (χ2v) is 6.67. The van der Waals surface area contributed by atoms with Crippen LogP contribution in [0.1, 0.15) is 0 Å². The Kier molecular flexibility index (Phi) is 5.21. The molecule has 0 spiro atoms. The number of methoxy groups -OCH3 is 1. The van der Waals surface area contributed by atoms with E-state index in [0.29, 0.717) is 16.6 Å². The standard InChI is InChI=1S/C15H12ClN3O3S/c1-22-15-7-4-12(9-19-15)18-10-14(8-17)23(20,21)13-5-2-11(16)3-6-13/h2-7,9-10,18H,1H3. The van der Waals surface area contributed by atoms with Gasteiger partial charge in [-0.3, -0.25) is 0 Å². The SMILES string of the molecule is COc1ccc(NC=C(C#N)S(=O)(=O)c2ccc(Cl)cc2)cn1. The zero-order valence-electron chi connectivity index (χ0n) is 12.0. The molecular weight excluding hydrogens is 338 g/mol. The maximum atomic E-state index is 12.4. The summed E-state index contributed by atoms with van der Waals surface area (Å²) in [6.07, 6.45) is 2.58. The number of anilines is 1. The highest BCUT2D eigenvalue weighted by Crippen LogP contribution is 2.21. The molecule has 0 aliphatic carbocycles.